The van der Waals surface area contributed by atoms with E-state index in [1.165, 1.54) is 19.3 Å². The monoisotopic (exact) mass is 219 g/mol. The second-order valence-electron chi connectivity index (χ2n) is 3.99. The average molecular weight is 220 g/mol. The van der Waals surface area contributed by atoms with E-state index in [2.05, 4.69) is 5.32 Å². The van der Waals surface area contributed by atoms with E-state index >= 15 is 0 Å². The van der Waals surface area contributed by atoms with Crippen LogP contribution in [0.15, 0.2) is 0 Å². The summed E-state index contributed by atoms with van der Waals surface area (Å²) in [5, 5.41) is 3.27. The molecule has 4 heteroatoms. The van der Waals surface area contributed by atoms with Gasteiger partial charge in [0.1, 0.15) is 6.04 Å². The van der Waals surface area contributed by atoms with Crippen molar-refractivity contribution >= 4 is 18.4 Å². The van der Waals surface area contributed by atoms with Crippen molar-refractivity contribution in [3.05, 3.63) is 0 Å². The van der Waals surface area contributed by atoms with Gasteiger partial charge in [-0.2, -0.15) is 0 Å². The molecule has 1 heterocycles. The van der Waals surface area contributed by atoms with Crippen molar-refractivity contribution in [2.45, 2.75) is 32.2 Å². The average Bonchev–Trinajstić information content (AvgIpc) is 2.62. The molecular weight excluding hydrogens is 202 g/mol. The fraction of sp³-hybridized carbons (Fsp3) is 0.900. The van der Waals surface area contributed by atoms with E-state index in [1.807, 2.05) is 6.92 Å². The summed E-state index contributed by atoms with van der Waals surface area (Å²) < 4.78 is 5.03. The van der Waals surface area contributed by atoms with E-state index < -0.39 is 0 Å². The van der Waals surface area contributed by atoms with Crippen LogP contribution >= 0.6 is 12.4 Å². The van der Waals surface area contributed by atoms with Gasteiger partial charge in [-0.1, -0.05) is 6.42 Å². The number of carbonyl (C=O) groups is 1. The zero-order valence-corrected chi connectivity index (χ0v) is 9.31. The van der Waals surface area contributed by atoms with Crippen molar-refractivity contribution in [1.29, 1.82) is 0 Å². The molecule has 0 amide bonds. The Balaban J connectivity index is 0.000000980. The molecule has 82 valence electrons. The lowest BCUT2D eigenvalue weighted by Crippen LogP contribution is -2.37. The highest BCUT2D eigenvalue weighted by molar-refractivity contribution is 5.85. The normalized spacial score (nSPS) is 34.8. The third-order valence-electron chi connectivity index (χ3n) is 3.29. The van der Waals surface area contributed by atoms with Crippen molar-refractivity contribution in [2.24, 2.45) is 11.8 Å². The summed E-state index contributed by atoms with van der Waals surface area (Å²) in [6.07, 6.45) is 3.77. The SMILES string of the molecule is CCOC(=O)[C@H]1NCC2CCCC21.Cl. The van der Waals surface area contributed by atoms with Gasteiger partial charge in [0, 0.05) is 0 Å². The number of esters is 1. The highest BCUT2D eigenvalue weighted by Crippen LogP contribution is 2.37. The number of fused-ring (bicyclic) bond motifs is 1. The van der Waals surface area contributed by atoms with E-state index in [9.17, 15) is 4.79 Å². The van der Waals surface area contributed by atoms with Gasteiger partial charge in [-0.15, -0.1) is 12.4 Å². The van der Waals surface area contributed by atoms with Crippen LogP contribution < -0.4 is 5.32 Å². The molecular formula is C10H18ClNO2. The Morgan fingerprint density at radius 1 is 1.50 bits per heavy atom. The molecule has 0 aromatic heterocycles. The van der Waals surface area contributed by atoms with Crippen molar-refractivity contribution in [1.82, 2.24) is 5.32 Å². The standard InChI is InChI=1S/C10H17NO2.ClH/c1-2-13-10(12)9-8-5-3-4-7(8)6-11-9;/h7-9,11H,2-6H2,1H3;1H/t7?,8?,9-;/m0./s1. The van der Waals surface area contributed by atoms with E-state index in [0.717, 1.165) is 12.5 Å². The summed E-state index contributed by atoms with van der Waals surface area (Å²) in [5.74, 6) is 1.24. The molecule has 1 aliphatic heterocycles. The maximum atomic E-state index is 11.5. The Morgan fingerprint density at radius 2 is 2.29 bits per heavy atom. The highest BCUT2D eigenvalue weighted by atomic mass is 35.5. The first-order valence-corrected chi connectivity index (χ1v) is 5.23. The van der Waals surface area contributed by atoms with Gasteiger partial charge in [0.2, 0.25) is 0 Å². The van der Waals surface area contributed by atoms with E-state index in [4.69, 9.17) is 4.74 Å². The third-order valence-corrected chi connectivity index (χ3v) is 3.29. The minimum atomic E-state index is -0.0445. The first-order valence-electron chi connectivity index (χ1n) is 5.23. The zero-order chi connectivity index (χ0) is 9.26. The van der Waals surface area contributed by atoms with Crippen LogP contribution in [0.5, 0.6) is 0 Å². The Kier molecular flexibility index (Phi) is 4.20. The number of carbonyl (C=O) groups excluding carboxylic acids is 1. The van der Waals surface area contributed by atoms with Crippen LogP contribution in [0, 0.1) is 11.8 Å². The molecule has 0 radical (unpaired) electrons. The van der Waals surface area contributed by atoms with Crippen LogP contribution in [0.25, 0.3) is 0 Å². The molecule has 2 fully saturated rings. The van der Waals surface area contributed by atoms with Gasteiger partial charge in [-0.05, 0) is 38.1 Å². The van der Waals surface area contributed by atoms with Gasteiger partial charge in [-0.25, -0.2) is 0 Å². The lowest BCUT2D eigenvalue weighted by atomic mass is 9.94. The van der Waals surface area contributed by atoms with Crippen LogP contribution in [0.4, 0.5) is 0 Å². The summed E-state index contributed by atoms with van der Waals surface area (Å²) in [6.45, 7) is 3.36. The molecule has 2 aliphatic rings. The van der Waals surface area contributed by atoms with Gasteiger partial charge >= 0.3 is 5.97 Å². The topological polar surface area (TPSA) is 38.3 Å². The number of nitrogens with one attached hydrogen (secondary N) is 1. The van der Waals surface area contributed by atoms with Gasteiger partial charge in [0.05, 0.1) is 6.61 Å². The van der Waals surface area contributed by atoms with Crippen LogP contribution in [0.3, 0.4) is 0 Å². The second kappa shape index (κ2) is 4.99. The largest absolute Gasteiger partial charge is 0.465 e. The summed E-state index contributed by atoms with van der Waals surface area (Å²) in [4.78, 5) is 11.5. The first-order chi connectivity index (χ1) is 6.33. The number of hydrogen-bond acceptors (Lipinski definition) is 3. The third kappa shape index (κ3) is 2.04. The Hall–Kier alpha value is -0.280. The summed E-state index contributed by atoms with van der Waals surface area (Å²) in [7, 11) is 0. The van der Waals surface area contributed by atoms with Crippen LogP contribution in [-0.4, -0.2) is 25.2 Å². The smallest absolute Gasteiger partial charge is 0.323 e. The van der Waals surface area contributed by atoms with Crippen molar-refractivity contribution < 1.29 is 9.53 Å². The molecule has 2 unspecified atom stereocenters. The van der Waals surface area contributed by atoms with Gasteiger partial charge < -0.3 is 10.1 Å². The number of hydrogen-bond donors (Lipinski definition) is 1. The maximum Gasteiger partial charge on any atom is 0.323 e. The molecule has 0 spiro atoms. The lowest BCUT2D eigenvalue weighted by molar-refractivity contribution is -0.146. The summed E-state index contributed by atoms with van der Waals surface area (Å²) >= 11 is 0. The molecule has 0 bridgehead atoms. The van der Waals surface area contributed by atoms with Crippen molar-refractivity contribution in [3.63, 3.8) is 0 Å². The Morgan fingerprint density at radius 3 is 3.00 bits per heavy atom. The molecule has 1 N–H and O–H groups in total. The van der Waals surface area contributed by atoms with Crippen molar-refractivity contribution in [2.75, 3.05) is 13.2 Å². The molecule has 1 saturated carbocycles. The maximum absolute atomic E-state index is 11.5. The summed E-state index contributed by atoms with van der Waals surface area (Å²) in [5.41, 5.74) is 0. The van der Waals surface area contributed by atoms with E-state index in [1.54, 1.807) is 0 Å². The van der Waals surface area contributed by atoms with Crippen molar-refractivity contribution in [3.8, 4) is 0 Å². The minimum Gasteiger partial charge on any atom is -0.465 e. The van der Waals surface area contributed by atoms with Crippen LogP contribution in [0.2, 0.25) is 0 Å². The molecule has 1 aliphatic carbocycles. The number of ether oxygens (including phenoxy) is 1. The van der Waals surface area contributed by atoms with Crippen LogP contribution in [0.1, 0.15) is 26.2 Å². The molecule has 14 heavy (non-hydrogen) atoms. The van der Waals surface area contributed by atoms with Gasteiger partial charge in [-0.3, -0.25) is 4.79 Å². The second-order valence-corrected chi connectivity index (χ2v) is 3.99. The predicted octanol–water partition coefficient (Wildman–Crippen LogP) is 1.36. The highest BCUT2D eigenvalue weighted by Gasteiger charge is 2.42. The quantitative estimate of drug-likeness (QED) is 0.713. The van der Waals surface area contributed by atoms with E-state index in [-0.39, 0.29) is 24.4 Å². The van der Waals surface area contributed by atoms with Gasteiger partial charge in [0.15, 0.2) is 0 Å². The first kappa shape index (κ1) is 11.8. The molecule has 2 rings (SSSR count). The Labute approximate surface area is 91.0 Å². The summed E-state index contributed by atoms with van der Waals surface area (Å²) in [6, 6.07) is -0.00699. The molecule has 0 aromatic rings. The van der Waals surface area contributed by atoms with Gasteiger partial charge in [0.25, 0.3) is 0 Å². The van der Waals surface area contributed by atoms with Crippen LogP contribution in [-0.2, 0) is 9.53 Å². The lowest BCUT2D eigenvalue weighted by Gasteiger charge is -2.15. The predicted molar refractivity (Wildman–Crippen MR) is 56.5 cm³/mol. The minimum absolute atomic E-state index is 0. The molecule has 1 saturated heterocycles. The van der Waals surface area contributed by atoms with E-state index in [0.29, 0.717) is 12.5 Å². The Bertz CT molecular complexity index is 210. The fourth-order valence-electron chi connectivity index (χ4n) is 2.68. The number of halogens is 1. The molecule has 0 aromatic carbocycles. The number of rotatable bonds is 2. The molecule has 3 nitrogen and oxygen atoms in total. The zero-order valence-electron chi connectivity index (χ0n) is 8.49. The fourth-order valence-corrected chi connectivity index (χ4v) is 2.68. The molecule has 3 atom stereocenters.